The number of ether oxygens (including phenoxy) is 1. The molecule has 2 aliphatic heterocycles. The number of halogens is 1. The molecule has 3 heterocycles. The first-order chi connectivity index (χ1) is 18.4. The Hall–Kier alpha value is -3.55. The lowest BCUT2D eigenvalue weighted by Crippen LogP contribution is -2.52. The second kappa shape index (κ2) is 11.9. The SMILES string of the molecule is O=c1[nH]cnc(C[C@@H](CN2CC(O)C2)c2ccc(C#Cc3ccc(CN4CCOCC4)cc3)cc2F)c1O. The van der Waals surface area contributed by atoms with E-state index in [4.69, 9.17) is 4.74 Å². The number of likely N-dealkylation sites (tertiary alicyclic amines) is 1. The Labute approximate surface area is 220 Å². The summed E-state index contributed by atoms with van der Waals surface area (Å²) in [6.45, 7) is 5.76. The fourth-order valence-corrected chi connectivity index (χ4v) is 4.88. The standard InChI is InChI=1S/C29H31FN4O4/c30-26-13-21(4-1-20-2-5-22(6-3-20)15-33-9-11-38-12-10-33)7-8-25(26)23(16-34-17-24(35)18-34)14-27-28(36)29(37)32-19-31-27/h2-3,5-8,13,19,23-24,35-36H,9-12,14-18H2,(H,31,32,37)/t23-/m0/s1. The van der Waals surface area contributed by atoms with Crippen LogP contribution in [0.4, 0.5) is 4.39 Å². The van der Waals surface area contributed by atoms with Gasteiger partial charge in [-0.25, -0.2) is 9.37 Å². The second-order valence-corrected chi connectivity index (χ2v) is 9.87. The zero-order chi connectivity index (χ0) is 26.5. The van der Waals surface area contributed by atoms with E-state index in [1.807, 2.05) is 17.0 Å². The summed E-state index contributed by atoms with van der Waals surface area (Å²) in [7, 11) is 0. The van der Waals surface area contributed by atoms with Crippen LogP contribution in [0.15, 0.2) is 53.6 Å². The predicted molar refractivity (Wildman–Crippen MR) is 140 cm³/mol. The molecule has 3 aromatic rings. The Balaban J connectivity index is 1.30. The lowest BCUT2D eigenvalue weighted by atomic mass is 9.90. The van der Waals surface area contributed by atoms with Crippen LogP contribution in [0.5, 0.6) is 5.75 Å². The Morgan fingerprint density at radius 3 is 2.50 bits per heavy atom. The number of aliphatic hydroxyl groups is 1. The predicted octanol–water partition coefficient (Wildman–Crippen LogP) is 1.85. The summed E-state index contributed by atoms with van der Waals surface area (Å²) < 4.78 is 20.7. The minimum Gasteiger partial charge on any atom is -0.502 e. The van der Waals surface area contributed by atoms with E-state index in [9.17, 15) is 15.0 Å². The monoisotopic (exact) mass is 518 g/mol. The van der Waals surface area contributed by atoms with Gasteiger partial charge in [-0.3, -0.25) is 14.6 Å². The van der Waals surface area contributed by atoms with Gasteiger partial charge in [-0.05, 0) is 35.4 Å². The minimum atomic E-state index is -0.631. The lowest BCUT2D eigenvalue weighted by Gasteiger charge is -2.38. The molecule has 0 spiro atoms. The first kappa shape index (κ1) is 26.1. The summed E-state index contributed by atoms with van der Waals surface area (Å²) in [4.78, 5) is 22.6. The molecule has 0 amide bonds. The summed E-state index contributed by atoms with van der Waals surface area (Å²) >= 11 is 0. The number of aliphatic hydroxyl groups excluding tert-OH is 1. The third-order valence-electron chi connectivity index (χ3n) is 7.02. The maximum atomic E-state index is 15.3. The van der Waals surface area contributed by atoms with Crippen LogP contribution < -0.4 is 5.56 Å². The Morgan fingerprint density at radius 1 is 1.08 bits per heavy atom. The van der Waals surface area contributed by atoms with Crippen molar-refractivity contribution in [1.29, 1.82) is 0 Å². The molecule has 2 saturated heterocycles. The molecule has 2 fully saturated rings. The van der Waals surface area contributed by atoms with Gasteiger partial charge in [0.05, 0.1) is 31.3 Å². The van der Waals surface area contributed by atoms with Gasteiger partial charge in [0.25, 0.3) is 5.56 Å². The van der Waals surface area contributed by atoms with E-state index < -0.39 is 23.2 Å². The molecule has 9 heteroatoms. The Bertz CT molecular complexity index is 1370. The summed E-state index contributed by atoms with van der Waals surface area (Å²) in [6.07, 6.45) is 1.02. The third-order valence-corrected chi connectivity index (χ3v) is 7.02. The average molecular weight is 519 g/mol. The highest BCUT2D eigenvalue weighted by atomic mass is 19.1. The highest BCUT2D eigenvalue weighted by Crippen LogP contribution is 2.28. The van der Waals surface area contributed by atoms with Crippen LogP contribution >= 0.6 is 0 Å². The topological polar surface area (TPSA) is 102 Å². The van der Waals surface area contributed by atoms with Crippen LogP contribution in [0.2, 0.25) is 0 Å². The number of morpholine rings is 1. The van der Waals surface area contributed by atoms with Crippen molar-refractivity contribution in [3.63, 3.8) is 0 Å². The molecule has 0 unspecified atom stereocenters. The van der Waals surface area contributed by atoms with Crippen molar-refractivity contribution in [1.82, 2.24) is 19.8 Å². The van der Waals surface area contributed by atoms with Crippen molar-refractivity contribution in [3.05, 3.63) is 92.9 Å². The highest BCUT2D eigenvalue weighted by molar-refractivity contribution is 5.45. The molecule has 2 aliphatic rings. The van der Waals surface area contributed by atoms with E-state index in [2.05, 4.69) is 38.8 Å². The van der Waals surface area contributed by atoms with Crippen LogP contribution in [-0.2, 0) is 17.7 Å². The molecule has 3 N–H and O–H groups in total. The van der Waals surface area contributed by atoms with Gasteiger partial charge < -0.3 is 19.9 Å². The summed E-state index contributed by atoms with van der Waals surface area (Å²) in [5.41, 5.74) is 2.65. The van der Waals surface area contributed by atoms with Crippen molar-refractivity contribution >= 4 is 0 Å². The molecular formula is C29H31FN4O4. The van der Waals surface area contributed by atoms with E-state index in [1.165, 1.54) is 18.0 Å². The van der Waals surface area contributed by atoms with Gasteiger partial charge in [0.1, 0.15) is 5.82 Å². The number of hydrogen-bond acceptors (Lipinski definition) is 7. The molecule has 0 bridgehead atoms. The lowest BCUT2D eigenvalue weighted by molar-refractivity contribution is -0.00144. The van der Waals surface area contributed by atoms with Gasteiger partial charge in [0, 0.05) is 62.7 Å². The van der Waals surface area contributed by atoms with Crippen LogP contribution in [0.1, 0.15) is 33.9 Å². The van der Waals surface area contributed by atoms with Crippen molar-refractivity contribution in [3.8, 4) is 17.6 Å². The number of rotatable bonds is 7. The molecule has 2 aromatic carbocycles. The normalized spacial score (nSPS) is 17.4. The quantitative estimate of drug-likeness (QED) is 0.411. The minimum absolute atomic E-state index is 0.182. The first-order valence-corrected chi connectivity index (χ1v) is 12.8. The molecule has 5 rings (SSSR count). The Kier molecular flexibility index (Phi) is 8.15. The Morgan fingerprint density at radius 2 is 1.79 bits per heavy atom. The van der Waals surface area contributed by atoms with Gasteiger partial charge in [0.15, 0.2) is 0 Å². The van der Waals surface area contributed by atoms with Crippen molar-refractivity contribution in [2.75, 3.05) is 45.9 Å². The van der Waals surface area contributed by atoms with Gasteiger partial charge in [-0.1, -0.05) is 30.0 Å². The summed E-state index contributed by atoms with van der Waals surface area (Å²) in [6, 6.07) is 13.0. The number of nitrogens with one attached hydrogen (secondary N) is 1. The number of aromatic nitrogens is 2. The molecule has 8 nitrogen and oxygen atoms in total. The highest BCUT2D eigenvalue weighted by Gasteiger charge is 2.29. The van der Waals surface area contributed by atoms with Gasteiger partial charge in [0.2, 0.25) is 5.75 Å². The molecule has 1 atom stereocenters. The van der Waals surface area contributed by atoms with Crippen molar-refractivity contribution in [2.24, 2.45) is 0 Å². The van der Waals surface area contributed by atoms with E-state index >= 15 is 4.39 Å². The van der Waals surface area contributed by atoms with Gasteiger partial charge >= 0.3 is 0 Å². The van der Waals surface area contributed by atoms with E-state index in [0.717, 1.165) is 38.4 Å². The van der Waals surface area contributed by atoms with Crippen molar-refractivity contribution < 1.29 is 19.3 Å². The van der Waals surface area contributed by atoms with Crippen LogP contribution in [0, 0.1) is 17.7 Å². The number of aromatic amines is 1. The molecular weight excluding hydrogens is 487 g/mol. The second-order valence-electron chi connectivity index (χ2n) is 9.87. The van der Waals surface area contributed by atoms with Gasteiger partial charge in [-0.2, -0.15) is 0 Å². The number of benzene rings is 2. The maximum absolute atomic E-state index is 15.3. The van der Waals surface area contributed by atoms with Crippen LogP contribution in [0.25, 0.3) is 0 Å². The molecule has 38 heavy (non-hydrogen) atoms. The summed E-state index contributed by atoms with van der Waals surface area (Å²) in [5.74, 6) is 4.92. The molecule has 0 saturated carbocycles. The van der Waals surface area contributed by atoms with Crippen LogP contribution in [-0.4, -0.2) is 82.0 Å². The zero-order valence-electron chi connectivity index (χ0n) is 21.1. The number of β-amino-alcohol motifs (C(OH)–C–C–N with tert-alkyl or cyclic N) is 1. The average Bonchev–Trinajstić information content (AvgIpc) is 2.90. The zero-order valence-corrected chi connectivity index (χ0v) is 21.1. The number of hydrogen-bond donors (Lipinski definition) is 3. The molecule has 1 aromatic heterocycles. The fourth-order valence-electron chi connectivity index (χ4n) is 4.88. The maximum Gasteiger partial charge on any atom is 0.293 e. The van der Waals surface area contributed by atoms with E-state index in [1.54, 1.807) is 12.1 Å². The molecule has 0 radical (unpaired) electrons. The molecule has 198 valence electrons. The van der Waals surface area contributed by atoms with Gasteiger partial charge in [-0.15, -0.1) is 0 Å². The van der Waals surface area contributed by atoms with E-state index in [-0.39, 0.29) is 18.0 Å². The van der Waals surface area contributed by atoms with Crippen molar-refractivity contribution in [2.45, 2.75) is 25.0 Å². The number of nitrogens with zero attached hydrogens (tertiary/aromatic N) is 3. The molecule has 0 aliphatic carbocycles. The first-order valence-electron chi connectivity index (χ1n) is 12.8. The summed E-state index contributed by atoms with van der Waals surface area (Å²) in [5, 5.41) is 19.8. The number of H-pyrrole nitrogens is 1. The van der Waals surface area contributed by atoms with Crippen LogP contribution in [0.3, 0.4) is 0 Å². The van der Waals surface area contributed by atoms with E-state index in [0.29, 0.717) is 30.8 Å². The third kappa shape index (κ3) is 6.47. The largest absolute Gasteiger partial charge is 0.502 e. The smallest absolute Gasteiger partial charge is 0.293 e. The fraction of sp³-hybridized carbons (Fsp3) is 0.379. The number of aromatic hydroxyl groups is 1.